The number of carbonyl (C=O) groups is 1. The lowest BCUT2D eigenvalue weighted by Gasteiger charge is -2.26. The largest absolute Gasteiger partial charge is 0.329 e. The number of hydrogen-bond donors (Lipinski definition) is 1. The zero-order valence-electron chi connectivity index (χ0n) is 10.3. The van der Waals surface area contributed by atoms with Gasteiger partial charge in [-0.1, -0.05) is 0 Å². The van der Waals surface area contributed by atoms with Gasteiger partial charge in [0.15, 0.2) is 0 Å². The van der Waals surface area contributed by atoms with Crippen LogP contribution in [0.25, 0.3) is 0 Å². The van der Waals surface area contributed by atoms with Gasteiger partial charge in [0.2, 0.25) is 0 Å². The molecular formula is C11H14N6O. The van der Waals surface area contributed by atoms with Crippen LogP contribution in [0.2, 0.25) is 0 Å². The molecule has 0 fully saturated rings. The van der Waals surface area contributed by atoms with Crippen molar-refractivity contribution >= 4 is 5.91 Å². The Bertz CT molecular complexity index is 598. The van der Waals surface area contributed by atoms with Gasteiger partial charge in [0.1, 0.15) is 11.6 Å². The molecule has 1 aliphatic heterocycles. The van der Waals surface area contributed by atoms with Crippen molar-refractivity contribution in [2.45, 2.75) is 26.9 Å². The Kier molecular flexibility index (Phi) is 2.39. The SMILES string of the molecule is Cc1nc2n(n1)CCN(C(=O)c1cn[nH]c1C)C2. The second-order valence-corrected chi connectivity index (χ2v) is 4.43. The Hall–Kier alpha value is -2.18. The lowest BCUT2D eigenvalue weighted by Crippen LogP contribution is -2.38. The van der Waals surface area contributed by atoms with Crippen molar-refractivity contribution in [3.05, 3.63) is 29.1 Å². The average Bonchev–Trinajstić information content (AvgIpc) is 2.91. The minimum Gasteiger partial charge on any atom is -0.329 e. The fourth-order valence-corrected chi connectivity index (χ4v) is 2.17. The molecule has 3 rings (SSSR count). The van der Waals surface area contributed by atoms with E-state index in [-0.39, 0.29) is 5.91 Å². The maximum Gasteiger partial charge on any atom is 0.257 e. The number of amides is 1. The van der Waals surface area contributed by atoms with Crippen LogP contribution in [-0.2, 0) is 13.1 Å². The number of aromatic nitrogens is 5. The van der Waals surface area contributed by atoms with E-state index in [1.165, 1.54) is 0 Å². The number of rotatable bonds is 1. The molecule has 7 nitrogen and oxygen atoms in total. The quantitative estimate of drug-likeness (QED) is 0.783. The molecule has 7 heteroatoms. The van der Waals surface area contributed by atoms with E-state index in [0.29, 0.717) is 25.2 Å². The number of nitrogens with zero attached hydrogens (tertiary/aromatic N) is 5. The van der Waals surface area contributed by atoms with Crippen molar-refractivity contribution in [1.29, 1.82) is 0 Å². The van der Waals surface area contributed by atoms with Crippen LogP contribution in [0.3, 0.4) is 0 Å². The third-order valence-electron chi connectivity index (χ3n) is 3.12. The van der Waals surface area contributed by atoms with Gasteiger partial charge in [0.25, 0.3) is 5.91 Å². The second-order valence-electron chi connectivity index (χ2n) is 4.43. The maximum absolute atomic E-state index is 12.3. The summed E-state index contributed by atoms with van der Waals surface area (Å²) in [5.74, 6) is 1.58. The Labute approximate surface area is 104 Å². The molecule has 3 heterocycles. The van der Waals surface area contributed by atoms with Gasteiger partial charge >= 0.3 is 0 Å². The Balaban J connectivity index is 1.84. The highest BCUT2D eigenvalue weighted by atomic mass is 16.2. The molecular weight excluding hydrogens is 232 g/mol. The molecule has 94 valence electrons. The van der Waals surface area contributed by atoms with Crippen LogP contribution >= 0.6 is 0 Å². The van der Waals surface area contributed by atoms with Gasteiger partial charge in [0, 0.05) is 12.2 Å². The zero-order chi connectivity index (χ0) is 12.7. The summed E-state index contributed by atoms with van der Waals surface area (Å²) in [5.41, 5.74) is 1.42. The van der Waals surface area contributed by atoms with Crippen LogP contribution in [0.1, 0.15) is 27.7 Å². The molecule has 18 heavy (non-hydrogen) atoms. The van der Waals surface area contributed by atoms with Crippen LogP contribution in [0.5, 0.6) is 0 Å². The number of carbonyl (C=O) groups excluding carboxylic acids is 1. The van der Waals surface area contributed by atoms with Crippen LogP contribution in [0.15, 0.2) is 6.20 Å². The molecule has 1 N–H and O–H groups in total. The smallest absolute Gasteiger partial charge is 0.257 e. The van der Waals surface area contributed by atoms with E-state index in [9.17, 15) is 4.79 Å². The molecule has 0 unspecified atom stereocenters. The van der Waals surface area contributed by atoms with E-state index in [4.69, 9.17) is 0 Å². The Morgan fingerprint density at radius 1 is 1.39 bits per heavy atom. The van der Waals surface area contributed by atoms with Crippen molar-refractivity contribution in [2.24, 2.45) is 0 Å². The lowest BCUT2D eigenvalue weighted by molar-refractivity contribution is 0.0702. The summed E-state index contributed by atoms with van der Waals surface area (Å²) in [6.07, 6.45) is 1.57. The number of aromatic amines is 1. The normalized spacial score (nSPS) is 14.7. The fourth-order valence-electron chi connectivity index (χ4n) is 2.17. The van der Waals surface area contributed by atoms with Gasteiger partial charge in [-0.25, -0.2) is 9.67 Å². The number of aryl methyl sites for hydroxylation is 2. The first kappa shape index (κ1) is 10.9. The minimum absolute atomic E-state index is 0.00634. The first-order valence-electron chi connectivity index (χ1n) is 5.84. The van der Waals surface area contributed by atoms with Gasteiger partial charge in [0.05, 0.1) is 24.8 Å². The predicted molar refractivity (Wildman–Crippen MR) is 62.8 cm³/mol. The van der Waals surface area contributed by atoms with E-state index in [2.05, 4.69) is 20.3 Å². The van der Waals surface area contributed by atoms with Crippen LogP contribution < -0.4 is 0 Å². The Morgan fingerprint density at radius 3 is 2.94 bits per heavy atom. The van der Waals surface area contributed by atoms with Gasteiger partial charge < -0.3 is 4.90 Å². The average molecular weight is 246 g/mol. The topological polar surface area (TPSA) is 79.7 Å². The van der Waals surface area contributed by atoms with Crippen molar-refractivity contribution < 1.29 is 4.79 Å². The molecule has 1 aliphatic rings. The van der Waals surface area contributed by atoms with Crippen molar-refractivity contribution in [2.75, 3.05) is 6.54 Å². The molecule has 0 saturated carbocycles. The van der Waals surface area contributed by atoms with Crippen LogP contribution in [-0.4, -0.2) is 42.3 Å². The molecule has 0 spiro atoms. The molecule has 0 radical (unpaired) electrons. The molecule has 2 aromatic rings. The van der Waals surface area contributed by atoms with E-state index in [1.807, 2.05) is 18.5 Å². The molecule has 0 atom stereocenters. The van der Waals surface area contributed by atoms with Gasteiger partial charge in [-0.05, 0) is 13.8 Å². The second kappa shape index (κ2) is 3.94. The van der Waals surface area contributed by atoms with E-state index < -0.39 is 0 Å². The molecule has 0 saturated heterocycles. The minimum atomic E-state index is -0.00634. The first-order valence-corrected chi connectivity index (χ1v) is 5.84. The summed E-state index contributed by atoms with van der Waals surface area (Å²) < 4.78 is 1.86. The third-order valence-corrected chi connectivity index (χ3v) is 3.12. The van der Waals surface area contributed by atoms with Crippen molar-refractivity contribution in [3.63, 3.8) is 0 Å². The Morgan fingerprint density at radius 2 is 2.22 bits per heavy atom. The first-order chi connectivity index (χ1) is 8.65. The molecule has 2 aromatic heterocycles. The van der Waals surface area contributed by atoms with Gasteiger partial charge in [-0.15, -0.1) is 0 Å². The predicted octanol–water partition coefficient (Wildman–Crippen LogP) is 0.274. The van der Waals surface area contributed by atoms with Gasteiger partial charge in [-0.3, -0.25) is 9.89 Å². The highest BCUT2D eigenvalue weighted by molar-refractivity contribution is 5.95. The van der Waals surface area contributed by atoms with Gasteiger partial charge in [-0.2, -0.15) is 10.2 Å². The summed E-state index contributed by atoms with van der Waals surface area (Å²) in [5, 5.41) is 10.9. The van der Waals surface area contributed by atoms with E-state index in [0.717, 1.165) is 17.3 Å². The van der Waals surface area contributed by atoms with Crippen molar-refractivity contribution in [1.82, 2.24) is 29.9 Å². The van der Waals surface area contributed by atoms with Crippen LogP contribution in [0, 0.1) is 13.8 Å². The third kappa shape index (κ3) is 1.68. The highest BCUT2D eigenvalue weighted by Gasteiger charge is 2.25. The van der Waals surface area contributed by atoms with E-state index in [1.54, 1.807) is 11.1 Å². The summed E-state index contributed by atoms with van der Waals surface area (Å²) in [4.78, 5) is 18.4. The number of hydrogen-bond acceptors (Lipinski definition) is 4. The highest BCUT2D eigenvalue weighted by Crippen LogP contribution is 2.14. The molecule has 1 amide bonds. The summed E-state index contributed by atoms with van der Waals surface area (Å²) in [7, 11) is 0. The zero-order valence-corrected chi connectivity index (χ0v) is 10.3. The lowest BCUT2D eigenvalue weighted by atomic mass is 10.2. The number of H-pyrrole nitrogens is 1. The van der Waals surface area contributed by atoms with Crippen LogP contribution in [0.4, 0.5) is 0 Å². The number of nitrogens with one attached hydrogen (secondary N) is 1. The molecule has 0 bridgehead atoms. The summed E-state index contributed by atoms with van der Waals surface area (Å²) in [6, 6.07) is 0. The fraction of sp³-hybridized carbons (Fsp3) is 0.455. The van der Waals surface area contributed by atoms with Crippen molar-refractivity contribution in [3.8, 4) is 0 Å². The standard InChI is InChI=1S/C11H14N6O/c1-7-9(5-12-14-7)11(18)16-3-4-17-10(6-16)13-8(2)15-17/h5H,3-4,6H2,1-2H3,(H,12,14). The summed E-state index contributed by atoms with van der Waals surface area (Å²) >= 11 is 0. The molecule has 0 aromatic carbocycles. The molecule has 0 aliphatic carbocycles. The maximum atomic E-state index is 12.3. The monoisotopic (exact) mass is 246 g/mol. The van der Waals surface area contributed by atoms with E-state index >= 15 is 0 Å². The number of fused-ring (bicyclic) bond motifs is 1. The summed E-state index contributed by atoms with van der Waals surface area (Å²) in [6.45, 7) is 5.55.